The second-order valence-corrected chi connectivity index (χ2v) is 5.68. The van der Waals surface area contributed by atoms with Crippen molar-refractivity contribution >= 4 is 22.0 Å². The molecule has 1 aromatic carbocycles. The van der Waals surface area contributed by atoms with Gasteiger partial charge in [-0.15, -0.1) is 0 Å². The lowest BCUT2D eigenvalue weighted by Gasteiger charge is -2.16. The molecule has 0 radical (unpaired) electrons. The summed E-state index contributed by atoms with van der Waals surface area (Å²) in [5, 5.41) is 0. The molecule has 0 atom stereocenters. The van der Waals surface area contributed by atoms with Gasteiger partial charge in [-0.05, 0) is 60.3 Å². The second-order valence-electron chi connectivity index (χ2n) is 4.82. The van der Waals surface area contributed by atoms with Gasteiger partial charge < -0.3 is 10.5 Å². The third kappa shape index (κ3) is 5.37. The van der Waals surface area contributed by atoms with E-state index in [1.54, 1.807) is 7.11 Å². The summed E-state index contributed by atoms with van der Waals surface area (Å²) >= 11 is 3.47. The van der Waals surface area contributed by atoms with E-state index in [1.165, 1.54) is 0 Å². The third-order valence-electron chi connectivity index (χ3n) is 2.44. The predicted octanol–water partition coefficient (Wildman–Crippen LogP) is 3.99. The maximum absolute atomic E-state index is 5.92. The summed E-state index contributed by atoms with van der Waals surface area (Å²) < 4.78 is 6.16. The molecule has 0 fully saturated rings. The number of nitrogens with two attached hydrogens (primary N) is 1. The van der Waals surface area contributed by atoms with Crippen molar-refractivity contribution in [1.29, 1.82) is 0 Å². The van der Waals surface area contributed by atoms with Crippen molar-refractivity contribution in [2.75, 3.05) is 7.11 Å². The minimum atomic E-state index is -0.0924. The van der Waals surface area contributed by atoms with E-state index >= 15 is 0 Å². The summed E-state index contributed by atoms with van der Waals surface area (Å²) in [6, 6.07) is 6.03. The first kappa shape index (κ1) is 14.3. The first-order valence-electron chi connectivity index (χ1n) is 5.71. The minimum Gasteiger partial charge on any atom is -0.496 e. The number of hydrogen-bond acceptors (Lipinski definition) is 2. The molecule has 0 heterocycles. The Bertz CT molecular complexity index is 394. The van der Waals surface area contributed by atoms with Gasteiger partial charge in [0.2, 0.25) is 0 Å². The van der Waals surface area contributed by atoms with Gasteiger partial charge in [-0.3, -0.25) is 0 Å². The van der Waals surface area contributed by atoms with Gasteiger partial charge in [-0.25, -0.2) is 0 Å². The Balaban J connectivity index is 2.57. The Labute approximate surface area is 112 Å². The molecular weight excluding hydrogens is 278 g/mol. The molecule has 0 aliphatic carbocycles. The van der Waals surface area contributed by atoms with E-state index in [1.807, 2.05) is 32.0 Å². The minimum absolute atomic E-state index is 0.0924. The molecule has 0 saturated carbocycles. The largest absolute Gasteiger partial charge is 0.496 e. The number of methoxy groups -OCH3 is 1. The molecule has 0 saturated heterocycles. The summed E-state index contributed by atoms with van der Waals surface area (Å²) in [5.41, 5.74) is 6.99. The number of hydrogen-bond donors (Lipinski definition) is 1. The molecule has 0 unspecified atom stereocenters. The normalized spacial score (nSPS) is 12.1. The predicted molar refractivity (Wildman–Crippen MR) is 77.2 cm³/mol. The lowest BCUT2D eigenvalue weighted by atomic mass is 10.00. The zero-order chi connectivity index (χ0) is 12.9. The molecule has 2 nitrogen and oxygen atoms in total. The van der Waals surface area contributed by atoms with Crippen LogP contribution in [0.1, 0.15) is 32.3 Å². The molecule has 0 aromatic heterocycles. The van der Waals surface area contributed by atoms with E-state index in [0.29, 0.717) is 0 Å². The van der Waals surface area contributed by atoms with E-state index in [9.17, 15) is 0 Å². The number of halogens is 1. The average molecular weight is 298 g/mol. The van der Waals surface area contributed by atoms with Crippen LogP contribution in [-0.2, 0) is 0 Å². The summed E-state index contributed by atoms with van der Waals surface area (Å²) in [4.78, 5) is 0. The first-order valence-corrected chi connectivity index (χ1v) is 6.50. The van der Waals surface area contributed by atoms with Gasteiger partial charge in [0.1, 0.15) is 5.75 Å². The van der Waals surface area contributed by atoms with E-state index in [2.05, 4.69) is 28.1 Å². The van der Waals surface area contributed by atoms with Gasteiger partial charge >= 0.3 is 0 Å². The molecule has 0 bridgehead atoms. The van der Waals surface area contributed by atoms with Crippen molar-refractivity contribution in [1.82, 2.24) is 0 Å². The van der Waals surface area contributed by atoms with Crippen molar-refractivity contribution in [2.24, 2.45) is 5.73 Å². The number of allylic oxidation sites excluding steroid dienone is 1. The highest BCUT2D eigenvalue weighted by Gasteiger charge is 2.07. The standard InChI is InChI=1S/C14H20BrNO/c1-14(2,16)9-5-4-6-11-7-8-13(17-3)12(15)10-11/h4,6-8,10H,5,9,16H2,1-3H3/b6-4+. The SMILES string of the molecule is COc1ccc(/C=C/CCC(C)(C)N)cc1Br. The van der Waals surface area contributed by atoms with Crippen LogP contribution in [0.15, 0.2) is 28.7 Å². The Morgan fingerprint density at radius 2 is 2.12 bits per heavy atom. The summed E-state index contributed by atoms with van der Waals surface area (Å²) in [6.07, 6.45) is 6.24. The van der Waals surface area contributed by atoms with Crippen LogP contribution in [0.25, 0.3) is 6.08 Å². The molecule has 0 amide bonds. The Kier molecular flexibility index (Phi) is 5.22. The highest BCUT2D eigenvalue weighted by atomic mass is 79.9. The van der Waals surface area contributed by atoms with Crippen molar-refractivity contribution in [2.45, 2.75) is 32.2 Å². The Morgan fingerprint density at radius 1 is 1.41 bits per heavy atom. The Hall–Kier alpha value is -0.800. The highest BCUT2D eigenvalue weighted by Crippen LogP contribution is 2.26. The van der Waals surface area contributed by atoms with Crippen molar-refractivity contribution in [3.05, 3.63) is 34.3 Å². The molecule has 0 spiro atoms. The summed E-state index contributed by atoms with van der Waals surface area (Å²) in [5.74, 6) is 0.852. The van der Waals surface area contributed by atoms with E-state index in [0.717, 1.165) is 28.6 Å². The van der Waals surface area contributed by atoms with E-state index < -0.39 is 0 Å². The van der Waals surface area contributed by atoms with Crippen LogP contribution < -0.4 is 10.5 Å². The van der Waals surface area contributed by atoms with Gasteiger partial charge in [0.15, 0.2) is 0 Å². The zero-order valence-corrected chi connectivity index (χ0v) is 12.3. The van der Waals surface area contributed by atoms with Crippen LogP contribution in [-0.4, -0.2) is 12.6 Å². The molecule has 2 N–H and O–H groups in total. The Morgan fingerprint density at radius 3 is 2.65 bits per heavy atom. The number of ether oxygens (including phenoxy) is 1. The van der Waals surface area contributed by atoms with Crippen LogP contribution >= 0.6 is 15.9 Å². The molecule has 94 valence electrons. The fraction of sp³-hybridized carbons (Fsp3) is 0.429. The monoisotopic (exact) mass is 297 g/mol. The molecule has 3 heteroatoms. The van der Waals surface area contributed by atoms with Crippen molar-refractivity contribution in [3.63, 3.8) is 0 Å². The average Bonchev–Trinajstić information content (AvgIpc) is 2.23. The zero-order valence-electron chi connectivity index (χ0n) is 10.7. The quantitative estimate of drug-likeness (QED) is 0.892. The number of benzene rings is 1. The molecule has 0 aliphatic rings. The smallest absolute Gasteiger partial charge is 0.133 e. The van der Waals surface area contributed by atoms with Crippen molar-refractivity contribution < 1.29 is 4.74 Å². The maximum Gasteiger partial charge on any atom is 0.133 e. The molecular formula is C14H20BrNO. The summed E-state index contributed by atoms with van der Waals surface area (Å²) in [7, 11) is 1.67. The van der Waals surface area contributed by atoms with Crippen LogP contribution in [0.4, 0.5) is 0 Å². The maximum atomic E-state index is 5.92. The van der Waals surface area contributed by atoms with Gasteiger partial charge in [0.05, 0.1) is 11.6 Å². The summed E-state index contributed by atoms with van der Waals surface area (Å²) in [6.45, 7) is 4.09. The van der Waals surface area contributed by atoms with E-state index in [4.69, 9.17) is 10.5 Å². The van der Waals surface area contributed by atoms with Gasteiger partial charge in [0.25, 0.3) is 0 Å². The van der Waals surface area contributed by atoms with Gasteiger partial charge in [0, 0.05) is 5.54 Å². The fourth-order valence-corrected chi connectivity index (χ4v) is 2.02. The van der Waals surface area contributed by atoms with Gasteiger partial charge in [-0.2, -0.15) is 0 Å². The van der Waals surface area contributed by atoms with Crippen LogP contribution in [0.3, 0.4) is 0 Å². The molecule has 1 rings (SSSR count). The molecule has 17 heavy (non-hydrogen) atoms. The topological polar surface area (TPSA) is 35.2 Å². The lowest BCUT2D eigenvalue weighted by molar-refractivity contribution is 0.412. The first-order chi connectivity index (χ1) is 7.92. The molecule has 0 aliphatic heterocycles. The van der Waals surface area contributed by atoms with Crippen LogP contribution in [0.5, 0.6) is 5.75 Å². The van der Waals surface area contributed by atoms with Crippen LogP contribution in [0, 0.1) is 0 Å². The lowest BCUT2D eigenvalue weighted by Crippen LogP contribution is -2.31. The second kappa shape index (κ2) is 6.22. The van der Waals surface area contributed by atoms with E-state index in [-0.39, 0.29) is 5.54 Å². The number of rotatable bonds is 5. The van der Waals surface area contributed by atoms with Crippen LogP contribution in [0.2, 0.25) is 0 Å². The van der Waals surface area contributed by atoms with Crippen molar-refractivity contribution in [3.8, 4) is 5.75 Å². The van der Waals surface area contributed by atoms with Gasteiger partial charge in [-0.1, -0.05) is 18.2 Å². The third-order valence-corrected chi connectivity index (χ3v) is 3.06. The molecule has 1 aromatic rings. The highest BCUT2D eigenvalue weighted by molar-refractivity contribution is 9.10. The fourth-order valence-electron chi connectivity index (χ4n) is 1.46.